The molecule has 0 unspecified atom stereocenters. The molecule has 3 N–H and O–H groups in total. The lowest BCUT2D eigenvalue weighted by atomic mass is 10.1. The van der Waals surface area contributed by atoms with E-state index in [1.165, 1.54) is 31.5 Å². The predicted octanol–water partition coefficient (Wildman–Crippen LogP) is 4.05. The number of para-hydroxylation sites is 1. The maximum absolute atomic E-state index is 12.3. The standard InChI is InChI=1S/C23H19IN2O6/c1-31-20-4-2-3-17(12-25-26-22(28)16-9-10-18(24)19(27)11-16)21(20)32-13-14-5-7-15(8-6-14)23(29)30/h2-12,27H,13H2,1H3,(H,26,28)(H,29,30)/b25-12-. The normalized spacial score (nSPS) is 10.7. The third-order valence-corrected chi connectivity index (χ3v) is 5.30. The first-order valence-corrected chi connectivity index (χ1v) is 10.4. The van der Waals surface area contributed by atoms with E-state index in [9.17, 15) is 14.7 Å². The van der Waals surface area contributed by atoms with Crippen LogP contribution in [0.25, 0.3) is 0 Å². The van der Waals surface area contributed by atoms with Crippen LogP contribution in [-0.4, -0.2) is 35.4 Å². The molecule has 0 saturated carbocycles. The van der Waals surface area contributed by atoms with E-state index in [0.29, 0.717) is 20.6 Å². The molecule has 0 aliphatic carbocycles. The number of phenols is 1. The monoisotopic (exact) mass is 546 g/mol. The number of phenolic OH excluding ortho intramolecular Hbond substituents is 1. The number of carboxylic acids is 1. The van der Waals surface area contributed by atoms with Gasteiger partial charge in [0, 0.05) is 11.1 Å². The number of methoxy groups -OCH3 is 1. The minimum atomic E-state index is -0.997. The third-order valence-electron chi connectivity index (χ3n) is 4.39. The Morgan fingerprint density at radius 1 is 1.09 bits per heavy atom. The van der Waals surface area contributed by atoms with E-state index in [0.717, 1.165) is 5.56 Å². The van der Waals surface area contributed by atoms with Crippen molar-refractivity contribution in [3.8, 4) is 17.2 Å². The van der Waals surface area contributed by atoms with Crippen LogP contribution in [0.5, 0.6) is 17.2 Å². The molecule has 32 heavy (non-hydrogen) atoms. The first kappa shape index (κ1) is 23.1. The Kier molecular flexibility index (Phi) is 7.66. The Balaban J connectivity index is 1.73. The van der Waals surface area contributed by atoms with E-state index in [-0.39, 0.29) is 23.5 Å². The van der Waals surface area contributed by atoms with Crippen molar-refractivity contribution in [3.05, 3.63) is 86.5 Å². The van der Waals surface area contributed by atoms with Gasteiger partial charge in [-0.15, -0.1) is 0 Å². The predicted molar refractivity (Wildman–Crippen MR) is 127 cm³/mol. The minimum absolute atomic E-state index is 0.0158. The number of amides is 1. The average Bonchev–Trinajstić information content (AvgIpc) is 2.79. The lowest BCUT2D eigenvalue weighted by molar-refractivity contribution is 0.0696. The summed E-state index contributed by atoms with van der Waals surface area (Å²) in [6.45, 7) is 0.176. The van der Waals surface area contributed by atoms with Crippen molar-refractivity contribution in [1.82, 2.24) is 5.43 Å². The summed E-state index contributed by atoms with van der Waals surface area (Å²) in [7, 11) is 1.51. The second kappa shape index (κ2) is 10.6. The van der Waals surface area contributed by atoms with Crippen molar-refractivity contribution < 1.29 is 29.3 Å². The Bertz CT molecular complexity index is 1160. The molecule has 0 aliphatic rings. The number of rotatable bonds is 8. The van der Waals surface area contributed by atoms with E-state index < -0.39 is 11.9 Å². The number of aromatic carboxylic acids is 1. The quantitative estimate of drug-likeness (QED) is 0.223. The van der Waals surface area contributed by atoms with Gasteiger partial charge in [-0.1, -0.05) is 18.2 Å². The summed E-state index contributed by atoms with van der Waals surface area (Å²) in [5, 5.41) is 22.7. The maximum atomic E-state index is 12.3. The number of nitrogens with zero attached hydrogens (tertiary/aromatic N) is 1. The molecule has 3 rings (SSSR count). The van der Waals surface area contributed by atoms with Crippen LogP contribution >= 0.6 is 22.6 Å². The maximum Gasteiger partial charge on any atom is 0.335 e. The SMILES string of the molecule is COc1cccc(/C=N\NC(=O)c2ccc(I)c(O)c2)c1OCc1ccc(C(=O)O)cc1. The van der Waals surface area contributed by atoms with Crippen molar-refractivity contribution in [1.29, 1.82) is 0 Å². The lowest BCUT2D eigenvalue weighted by Gasteiger charge is -2.13. The first-order chi connectivity index (χ1) is 15.4. The van der Waals surface area contributed by atoms with E-state index in [1.807, 2.05) is 22.6 Å². The number of aromatic hydroxyl groups is 1. The van der Waals surface area contributed by atoms with Gasteiger partial charge in [-0.2, -0.15) is 5.10 Å². The smallest absolute Gasteiger partial charge is 0.335 e. The number of hydrazone groups is 1. The van der Waals surface area contributed by atoms with Crippen LogP contribution in [0.3, 0.4) is 0 Å². The highest BCUT2D eigenvalue weighted by Gasteiger charge is 2.11. The van der Waals surface area contributed by atoms with Crippen molar-refractivity contribution in [3.63, 3.8) is 0 Å². The molecule has 0 heterocycles. The number of hydrogen-bond acceptors (Lipinski definition) is 6. The Hall–Kier alpha value is -3.60. The fourth-order valence-corrected chi connectivity index (χ4v) is 3.06. The molecule has 8 nitrogen and oxygen atoms in total. The zero-order chi connectivity index (χ0) is 23.1. The zero-order valence-corrected chi connectivity index (χ0v) is 19.1. The number of carboxylic acid groups (broad SMARTS) is 1. The summed E-state index contributed by atoms with van der Waals surface area (Å²) < 4.78 is 11.9. The zero-order valence-electron chi connectivity index (χ0n) is 16.9. The van der Waals surface area contributed by atoms with Crippen LogP contribution in [-0.2, 0) is 6.61 Å². The average molecular weight is 546 g/mol. The summed E-state index contributed by atoms with van der Waals surface area (Å²) in [6.07, 6.45) is 1.43. The topological polar surface area (TPSA) is 117 Å². The summed E-state index contributed by atoms with van der Waals surface area (Å²) in [5.74, 6) is -0.561. The second-order valence-electron chi connectivity index (χ2n) is 6.53. The molecular weight excluding hydrogens is 527 g/mol. The Morgan fingerprint density at radius 3 is 2.47 bits per heavy atom. The molecule has 9 heteroatoms. The molecular formula is C23H19IN2O6. The van der Waals surface area contributed by atoms with Gasteiger partial charge in [0.25, 0.3) is 5.91 Å². The van der Waals surface area contributed by atoms with Crippen molar-refractivity contribution in [2.24, 2.45) is 5.10 Å². The van der Waals surface area contributed by atoms with E-state index in [4.69, 9.17) is 14.6 Å². The molecule has 0 radical (unpaired) electrons. The van der Waals surface area contributed by atoms with Gasteiger partial charge in [-0.05, 0) is 70.6 Å². The van der Waals surface area contributed by atoms with E-state index >= 15 is 0 Å². The van der Waals surface area contributed by atoms with Crippen molar-refractivity contribution in [2.75, 3.05) is 7.11 Å². The number of nitrogens with one attached hydrogen (secondary N) is 1. The molecule has 0 aliphatic heterocycles. The number of ether oxygens (including phenoxy) is 2. The summed E-state index contributed by atoms with van der Waals surface area (Å²) in [6, 6.07) is 16.2. The molecule has 3 aromatic rings. The summed E-state index contributed by atoms with van der Waals surface area (Å²) >= 11 is 1.96. The van der Waals surface area contributed by atoms with Crippen LogP contribution in [0.15, 0.2) is 65.8 Å². The number of hydrogen-bond donors (Lipinski definition) is 3. The highest BCUT2D eigenvalue weighted by molar-refractivity contribution is 14.1. The Labute approximate surface area is 197 Å². The van der Waals surface area contributed by atoms with Gasteiger partial charge in [-0.25, -0.2) is 10.2 Å². The Morgan fingerprint density at radius 2 is 1.81 bits per heavy atom. The number of carbonyl (C=O) groups is 2. The van der Waals surface area contributed by atoms with Crippen molar-refractivity contribution >= 4 is 40.7 Å². The third kappa shape index (κ3) is 5.76. The van der Waals surface area contributed by atoms with Gasteiger partial charge >= 0.3 is 5.97 Å². The van der Waals surface area contributed by atoms with Gasteiger partial charge < -0.3 is 19.7 Å². The molecule has 0 fully saturated rings. The van der Waals surface area contributed by atoms with E-state index in [2.05, 4.69) is 10.5 Å². The summed E-state index contributed by atoms with van der Waals surface area (Å²) in [4.78, 5) is 23.2. The van der Waals surface area contributed by atoms with Gasteiger partial charge in [0.15, 0.2) is 11.5 Å². The lowest BCUT2D eigenvalue weighted by Crippen LogP contribution is -2.17. The number of halogens is 1. The van der Waals surface area contributed by atoms with Crippen LogP contribution in [0, 0.1) is 3.57 Å². The second-order valence-corrected chi connectivity index (χ2v) is 7.70. The van der Waals surface area contributed by atoms with Gasteiger partial charge in [0.05, 0.1) is 22.5 Å². The minimum Gasteiger partial charge on any atom is -0.507 e. The number of benzene rings is 3. The van der Waals surface area contributed by atoms with Gasteiger partial charge in [0.1, 0.15) is 12.4 Å². The molecule has 1 amide bonds. The number of carbonyl (C=O) groups excluding carboxylic acids is 1. The van der Waals surface area contributed by atoms with Crippen molar-refractivity contribution in [2.45, 2.75) is 6.61 Å². The molecule has 0 aromatic heterocycles. The summed E-state index contributed by atoms with van der Waals surface area (Å²) in [5.41, 5.74) is 4.22. The van der Waals surface area contributed by atoms with Crippen LogP contribution in [0.4, 0.5) is 0 Å². The van der Waals surface area contributed by atoms with Gasteiger partial charge in [0.2, 0.25) is 0 Å². The molecule has 3 aromatic carbocycles. The van der Waals surface area contributed by atoms with Crippen LogP contribution < -0.4 is 14.9 Å². The molecule has 0 bridgehead atoms. The van der Waals surface area contributed by atoms with Crippen LogP contribution in [0.2, 0.25) is 0 Å². The fourth-order valence-electron chi connectivity index (χ4n) is 2.73. The molecule has 0 atom stereocenters. The largest absolute Gasteiger partial charge is 0.507 e. The molecule has 0 spiro atoms. The molecule has 164 valence electrons. The highest BCUT2D eigenvalue weighted by atomic mass is 127. The van der Waals surface area contributed by atoms with E-state index in [1.54, 1.807) is 42.5 Å². The van der Waals surface area contributed by atoms with Crippen LogP contribution in [0.1, 0.15) is 31.8 Å². The molecule has 0 saturated heterocycles. The fraction of sp³-hybridized carbons (Fsp3) is 0.0870. The van der Waals surface area contributed by atoms with Gasteiger partial charge in [-0.3, -0.25) is 4.79 Å². The first-order valence-electron chi connectivity index (χ1n) is 9.33. The highest BCUT2D eigenvalue weighted by Crippen LogP contribution is 2.31.